The first kappa shape index (κ1) is 15.7. The van der Waals surface area contributed by atoms with Crippen molar-refractivity contribution in [3.05, 3.63) is 41.2 Å². The van der Waals surface area contributed by atoms with E-state index in [2.05, 4.69) is 0 Å². The molecule has 1 N–H and O–H groups in total. The third-order valence-corrected chi connectivity index (χ3v) is 3.43. The van der Waals surface area contributed by atoms with Gasteiger partial charge in [-0.05, 0) is 42.5 Å². The zero-order valence-corrected chi connectivity index (χ0v) is 11.8. The van der Waals surface area contributed by atoms with Crippen molar-refractivity contribution in [3.63, 3.8) is 0 Å². The van der Waals surface area contributed by atoms with Crippen LogP contribution in [-0.2, 0) is 20.9 Å². The lowest BCUT2D eigenvalue weighted by atomic mass is 10.0. The van der Waals surface area contributed by atoms with Gasteiger partial charge in [0.1, 0.15) is 5.82 Å². The van der Waals surface area contributed by atoms with Gasteiger partial charge in [-0.1, -0.05) is 6.07 Å². The minimum absolute atomic E-state index is 0.254. The summed E-state index contributed by atoms with van der Waals surface area (Å²) >= 11 is 0. The summed E-state index contributed by atoms with van der Waals surface area (Å²) in [5.41, 5.74) is 1.08. The lowest BCUT2D eigenvalue weighted by Gasteiger charge is -2.21. The SMILES string of the molecule is O=C(O)C=Cc1cc(COCC2CCOCC2)ccc1F. The minimum atomic E-state index is -1.10. The fourth-order valence-corrected chi connectivity index (χ4v) is 2.23. The Morgan fingerprint density at radius 1 is 1.43 bits per heavy atom. The summed E-state index contributed by atoms with van der Waals surface area (Å²) < 4.78 is 24.5. The largest absolute Gasteiger partial charge is 0.478 e. The molecule has 0 aromatic heterocycles. The van der Waals surface area contributed by atoms with Crippen LogP contribution in [0.2, 0.25) is 0 Å². The van der Waals surface area contributed by atoms with Gasteiger partial charge in [0.25, 0.3) is 0 Å². The molecule has 0 spiro atoms. The van der Waals surface area contributed by atoms with E-state index < -0.39 is 11.8 Å². The molecule has 0 atom stereocenters. The fourth-order valence-electron chi connectivity index (χ4n) is 2.23. The molecule has 1 heterocycles. The predicted molar refractivity (Wildman–Crippen MR) is 76.3 cm³/mol. The van der Waals surface area contributed by atoms with E-state index in [1.165, 1.54) is 12.1 Å². The van der Waals surface area contributed by atoms with E-state index in [1.807, 2.05) is 0 Å². The first-order valence-electron chi connectivity index (χ1n) is 7.00. The van der Waals surface area contributed by atoms with Crippen molar-refractivity contribution in [1.29, 1.82) is 0 Å². The smallest absolute Gasteiger partial charge is 0.328 e. The second-order valence-electron chi connectivity index (χ2n) is 5.10. The van der Waals surface area contributed by atoms with Crippen LogP contribution in [0, 0.1) is 11.7 Å². The van der Waals surface area contributed by atoms with Crippen molar-refractivity contribution in [3.8, 4) is 0 Å². The highest BCUT2D eigenvalue weighted by atomic mass is 19.1. The van der Waals surface area contributed by atoms with Gasteiger partial charge in [-0.3, -0.25) is 0 Å². The van der Waals surface area contributed by atoms with E-state index in [1.54, 1.807) is 12.1 Å². The van der Waals surface area contributed by atoms with Crippen molar-refractivity contribution >= 4 is 12.0 Å². The molecule has 1 aromatic carbocycles. The van der Waals surface area contributed by atoms with E-state index in [0.29, 0.717) is 19.1 Å². The van der Waals surface area contributed by atoms with Gasteiger partial charge >= 0.3 is 5.97 Å². The first-order valence-corrected chi connectivity index (χ1v) is 7.00. The number of carboxylic acid groups (broad SMARTS) is 1. The topological polar surface area (TPSA) is 55.8 Å². The zero-order chi connectivity index (χ0) is 15.1. The number of hydrogen-bond acceptors (Lipinski definition) is 3. The molecule has 21 heavy (non-hydrogen) atoms. The number of carboxylic acids is 1. The van der Waals surface area contributed by atoms with E-state index in [-0.39, 0.29) is 5.56 Å². The second-order valence-corrected chi connectivity index (χ2v) is 5.10. The van der Waals surface area contributed by atoms with Crippen molar-refractivity contribution in [2.24, 2.45) is 5.92 Å². The summed E-state index contributed by atoms with van der Waals surface area (Å²) in [6.45, 7) is 2.63. The molecule has 0 unspecified atom stereocenters. The molecule has 1 aromatic rings. The highest BCUT2D eigenvalue weighted by molar-refractivity contribution is 5.85. The van der Waals surface area contributed by atoms with Crippen LogP contribution in [0.3, 0.4) is 0 Å². The van der Waals surface area contributed by atoms with Crippen LogP contribution < -0.4 is 0 Å². The molecular formula is C16H19FO4. The van der Waals surface area contributed by atoms with Crippen molar-refractivity contribution in [2.45, 2.75) is 19.4 Å². The molecule has 1 saturated heterocycles. The lowest BCUT2D eigenvalue weighted by molar-refractivity contribution is -0.131. The minimum Gasteiger partial charge on any atom is -0.478 e. The molecule has 1 aliphatic heterocycles. The lowest BCUT2D eigenvalue weighted by Crippen LogP contribution is -2.20. The molecule has 1 aliphatic rings. The molecule has 2 rings (SSSR count). The van der Waals surface area contributed by atoms with Crippen LogP contribution in [0.1, 0.15) is 24.0 Å². The van der Waals surface area contributed by atoms with E-state index in [4.69, 9.17) is 14.6 Å². The number of aliphatic carboxylic acids is 1. The Kier molecular flexibility index (Phi) is 5.90. The zero-order valence-electron chi connectivity index (χ0n) is 11.8. The molecule has 5 heteroatoms. The summed E-state index contributed by atoms with van der Waals surface area (Å²) in [5.74, 6) is -1.03. The van der Waals surface area contributed by atoms with Crippen LogP contribution in [0.25, 0.3) is 6.08 Å². The molecule has 0 amide bonds. The Hall–Kier alpha value is -1.72. The summed E-state index contributed by atoms with van der Waals surface area (Å²) in [6.07, 6.45) is 4.19. The Morgan fingerprint density at radius 3 is 2.90 bits per heavy atom. The number of carbonyl (C=O) groups is 1. The monoisotopic (exact) mass is 294 g/mol. The van der Waals surface area contributed by atoms with Gasteiger partial charge in [-0.2, -0.15) is 0 Å². The number of benzene rings is 1. The summed E-state index contributed by atoms with van der Waals surface area (Å²) in [7, 11) is 0. The number of rotatable bonds is 6. The molecule has 0 saturated carbocycles. The molecule has 0 radical (unpaired) electrons. The molecule has 0 bridgehead atoms. The van der Waals surface area contributed by atoms with E-state index in [0.717, 1.165) is 37.7 Å². The predicted octanol–water partition coefficient (Wildman–Crippen LogP) is 2.87. The normalized spacial score (nSPS) is 16.4. The Morgan fingerprint density at radius 2 is 2.19 bits per heavy atom. The van der Waals surface area contributed by atoms with Crippen LogP contribution in [0.4, 0.5) is 4.39 Å². The van der Waals surface area contributed by atoms with Gasteiger partial charge in [0.05, 0.1) is 13.2 Å². The summed E-state index contributed by atoms with van der Waals surface area (Å²) in [6, 6.07) is 4.59. The summed E-state index contributed by atoms with van der Waals surface area (Å²) in [4.78, 5) is 10.5. The Balaban J connectivity index is 1.88. The average Bonchev–Trinajstić information content (AvgIpc) is 2.48. The van der Waals surface area contributed by atoms with Gasteiger partial charge in [-0.15, -0.1) is 0 Å². The summed E-state index contributed by atoms with van der Waals surface area (Å²) in [5, 5.41) is 8.58. The first-order chi connectivity index (χ1) is 10.1. The second kappa shape index (κ2) is 7.90. The highest BCUT2D eigenvalue weighted by Crippen LogP contribution is 2.17. The molecule has 0 aliphatic carbocycles. The van der Waals surface area contributed by atoms with Gasteiger partial charge in [0.15, 0.2) is 0 Å². The van der Waals surface area contributed by atoms with Crippen molar-refractivity contribution in [2.75, 3.05) is 19.8 Å². The van der Waals surface area contributed by atoms with Gasteiger partial charge in [-0.25, -0.2) is 9.18 Å². The third-order valence-electron chi connectivity index (χ3n) is 3.43. The standard InChI is InChI=1S/C16H19FO4/c17-15-3-1-13(9-14(15)2-4-16(18)19)11-21-10-12-5-7-20-8-6-12/h1-4,9,12H,5-8,10-11H2,(H,18,19). The number of halogens is 1. The maximum Gasteiger partial charge on any atom is 0.328 e. The van der Waals surface area contributed by atoms with Crippen molar-refractivity contribution in [1.82, 2.24) is 0 Å². The van der Waals surface area contributed by atoms with Gasteiger partial charge in [0.2, 0.25) is 0 Å². The van der Waals surface area contributed by atoms with Crippen LogP contribution in [0.5, 0.6) is 0 Å². The van der Waals surface area contributed by atoms with Crippen LogP contribution in [-0.4, -0.2) is 30.9 Å². The number of ether oxygens (including phenoxy) is 2. The molecule has 1 fully saturated rings. The molecule has 114 valence electrons. The number of hydrogen-bond donors (Lipinski definition) is 1. The highest BCUT2D eigenvalue weighted by Gasteiger charge is 2.13. The third kappa shape index (κ3) is 5.28. The fraction of sp³-hybridized carbons (Fsp3) is 0.438. The Labute approximate surface area is 123 Å². The Bertz CT molecular complexity index is 507. The van der Waals surface area contributed by atoms with Crippen LogP contribution in [0.15, 0.2) is 24.3 Å². The van der Waals surface area contributed by atoms with Crippen molar-refractivity contribution < 1.29 is 23.8 Å². The quantitative estimate of drug-likeness (QED) is 0.820. The molecule has 4 nitrogen and oxygen atoms in total. The van der Waals surface area contributed by atoms with Gasteiger partial charge in [0, 0.05) is 24.9 Å². The molecular weight excluding hydrogens is 275 g/mol. The van der Waals surface area contributed by atoms with E-state index >= 15 is 0 Å². The average molecular weight is 294 g/mol. The van der Waals surface area contributed by atoms with Crippen LogP contribution >= 0.6 is 0 Å². The maximum atomic E-state index is 13.5. The van der Waals surface area contributed by atoms with Gasteiger partial charge < -0.3 is 14.6 Å². The van der Waals surface area contributed by atoms with E-state index in [9.17, 15) is 9.18 Å². The maximum absolute atomic E-state index is 13.5.